The molecule has 4 heterocycles. The van der Waals surface area contributed by atoms with Crippen LogP contribution in [0.25, 0.3) is 45.3 Å². The molecule has 2 amide bonds. The predicted octanol–water partition coefficient (Wildman–Crippen LogP) is 12.0. The average Bonchev–Trinajstić information content (AvgIpc) is 0.802. The first-order chi connectivity index (χ1) is 52.9. The van der Waals surface area contributed by atoms with Gasteiger partial charge < -0.3 is 61.2 Å². The van der Waals surface area contributed by atoms with Crippen molar-refractivity contribution in [1.29, 1.82) is 5.26 Å². The summed E-state index contributed by atoms with van der Waals surface area (Å²) in [6.07, 6.45) is -0.548. The fourth-order valence-electron chi connectivity index (χ4n) is 12.7. The Morgan fingerprint density at radius 1 is 0.634 bits per heavy atom. The Kier molecular flexibility index (Phi) is 30.6. The molecular weight excluding hydrogens is 1430 g/mol. The molecule has 1 aliphatic heterocycles. The Morgan fingerprint density at radius 3 is 1.58 bits per heavy atom. The van der Waals surface area contributed by atoms with E-state index in [0.29, 0.717) is 68.3 Å². The maximum atomic E-state index is 14.9. The summed E-state index contributed by atoms with van der Waals surface area (Å²) in [4.78, 5) is 133. The molecule has 112 heavy (non-hydrogen) atoms. The molecule has 0 spiro atoms. The summed E-state index contributed by atoms with van der Waals surface area (Å²) in [6.45, 7) is 28.5. The van der Waals surface area contributed by atoms with Gasteiger partial charge in [0.1, 0.15) is 53.3 Å². The molecule has 4 bridgehead atoms. The number of carbonyl (C=O) groups excluding carboxylic acids is 6. The minimum atomic E-state index is -1.27. The molecule has 3 aromatic heterocycles. The van der Waals surface area contributed by atoms with Gasteiger partial charge >= 0.3 is 11.9 Å². The number of aromatic nitrogens is 6. The molecular formula is C86H106N12O14. The fraction of sp³-hybridized carbons (Fsp3) is 0.419. The van der Waals surface area contributed by atoms with E-state index in [-0.39, 0.29) is 128 Å². The number of benzene rings is 5. The lowest BCUT2D eigenvalue weighted by molar-refractivity contribution is -0.142. The van der Waals surface area contributed by atoms with Gasteiger partial charge in [-0.25, -0.2) is 24.5 Å². The van der Waals surface area contributed by atoms with Crippen LogP contribution in [0.4, 0.5) is 0 Å². The number of hydrogen-bond donors (Lipinski definition) is 6. The van der Waals surface area contributed by atoms with Gasteiger partial charge in [-0.05, 0) is 115 Å². The van der Waals surface area contributed by atoms with E-state index in [1.807, 2.05) is 84.9 Å². The van der Waals surface area contributed by atoms with Gasteiger partial charge in [0.25, 0.3) is 5.56 Å². The summed E-state index contributed by atoms with van der Waals surface area (Å²) < 4.78 is 27.9. The van der Waals surface area contributed by atoms with E-state index in [1.54, 1.807) is 65.0 Å². The van der Waals surface area contributed by atoms with Crippen LogP contribution in [0, 0.1) is 43.9 Å². The van der Waals surface area contributed by atoms with Gasteiger partial charge in [0.15, 0.2) is 29.0 Å². The molecule has 26 nitrogen and oxygen atoms in total. The zero-order valence-corrected chi connectivity index (χ0v) is 67.3. The van der Waals surface area contributed by atoms with Gasteiger partial charge in [0.05, 0.1) is 50.0 Å². The average molecular weight is 1530 g/mol. The minimum Gasteiger partial charge on any atom is -0.492 e. The number of rotatable bonds is 24. The number of nitrogens with zero attached hydrogens (tertiary/aromatic N) is 7. The number of hydrogen-bond acceptors (Lipinski definition) is 22. The number of nitrogens with one attached hydrogen (secondary N) is 2. The number of H-pyrrole nitrogens is 1. The largest absolute Gasteiger partial charge is 0.492 e. The smallest absolute Gasteiger partial charge is 0.345 e. The Balaban J connectivity index is 0.000000310. The number of amides is 2. The van der Waals surface area contributed by atoms with E-state index in [2.05, 4.69) is 97.5 Å². The molecule has 1 aliphatic rings. The number of ether oxygens (including phenoxy) is 5. The number of nitriles is 1. The van der Waals surface area contributed by atoms with Crippen LogP contribution < -0.4 is 47.0 Å². The summed E-state index contributed by atoms with van der Waals surface area (Å²) in [5, 5.41) is 21.3. The molecule has 5 aromatic carbocycles. The number of Topliss-reactive ketones (excluding diaryl/α,β-unsaturated/α-hetero) is 3. The maximum Gasteiger partial charge on any atom is 0.345 e. The number of ketones is 3. The fourth-order valence-corrected chi connectivity index (χ4v) is 12.7. The van der Waals surface area contributed by atoms with Crippen LogP contribution >= 0.6 is 0 Å². The second-order valence-corrected chi connectivity index (χ2v) is 30.5. The molecule has 26 heteroatoms. The third kappa shape index (κ3) is 22.4. The number of aromatic carboxylic acids is 1. The lowest BCUT2D eigenvalue weighted by Crippen LogP contribution is -2.46. The SMILES string of the molecule is CCOC(=O)c1c(C)nc(-c2ccc(C(C)(C)C)cc2)[nH]c1=O.COc1nc(-c2ccc(C(C)(C)C)cc2)nc(C)c1C(=O)C[C@@H](CCN)C(=O)N(C)[C@@H]1C(=O)C[C@@H](C)C(=O)N[C@H](C(=O)CCC#N)Cc2ccc(OCCN)c(c2)-c2cc1ccc2OCCN.COc1nc(-c2ccc(C(C)(C)C)cc2)nc(C)c1C(=O)O. The van der Waals surface area contributed by atoms with Crippen LogP contribution in [0.15, 0.2) is 114 Å². The van der Waals surface area contributed by atoms with Crippen molar-refractivity contribution < 1.29 is 62.4 Å². The zero-order valence-electron chi connectivity index (χ0n) is 67.3. The summed E-state index contributed by atoms with van der Waals surface area (Å²) in [5.41, 5.74) is 26.6. The Bertz CT molecular complexity index is 4800. The summed E-state index contributed by atoms with van der Waals surface area (Å²) >= 11 is 0. The highest BCUT2D eigenvalue weighted by Crippen LogP contribution is 2.42. The van der Waals surface area contributed by atoms with Crippen LogP contribution in [0.2, 0.25) is 0 Å². The van der Waals surface area contributed by atoms with E-state index in [1.165, 1.54) is 37.3 Å². The van der Waals surface area contributed by atoms with Crippen molar-refractivity contribution in [2.45, 2.75) is 164 Å². The molecule has 0 radical (unpaired) electrons. The Hall–Kier alpha value is -11.4. The lowest BCUT2D eigenvalue weighted by Gasteiger charge is -2.32. The van der Waals surface area contributed by atoms with Gasteiger partial charge in [-0.3, -0.25) is 28.8 Å². The highest BCUT2D eigenvalue weighted by atomic mass is 16.5. The molecule has 0 saturated carbocycles. The molecule has 0 aliphatic carbocycles. The first-order valence-electron chi connectivity index (χ1n) is 37.3. The molecule has 8 aromatic rings. The van der Waals surface area contributed by atoms with E-state index in [0.717, 1.165) is 22.3 Å². The quantitative estimate of drug-likeness (QED) is 0.0242. The second-order valence-electron chi connectivity index (χ2n) is 30.5. The third-order valence-electron chi connectivity index (χ3n) is 18.9. The third-order valence-corrected chi connectivity index (χ3v) is 18.9. The minimum absolute atomic E-state index is 0.00226. The molecule has 0 fully saturated rings. The van der Waals surface area contributed by atoms with E-state index in [9.17, 15) is 48.7 Å². The summed E-state index contributed by atoms with van der Waals surface area (Å²) in [5.74, 6) is -3.76. The van der Waals surface area contributed by atoms with Crippen LogP contribution in [-0.4, -0.2) is 148 Å². The number of carboxylic acid groups (broad SMARTS) is 1. The van der Waals surface area contributed by atoms with Crippen LogP contribution in [0.3, 0.4) is 0 Å². The van der Waals surface area contributed by atoms with Crippen LogP contribution in [0.1, 0.15) is 190 Å². The molecule has 0 saturated heterocycles. The number of aromatic amines is 1. The van der Waals surface area contributed by atoms with Crippen molar-refractivity contribution >= 4 is 41.1 Å². The van der Waals surface area contributed by atoms with Gasteiger partial charge in [0, 0.05) is 85.5 Å². The number of likely N-dealkylation sites (N-methyl/N-ethyl adjacent to an activating group) is 1. The standard InChI is InChI=1S/C51H64N8O8.C18H22N2O3.C17H20N2O3/c1-30-25-42(62)46(59(6)50(64)35(18-20-53)29-41(61)45-31(2)56-47(58-49(45)65-7)33-11-14-36(15-12-33)51(3,4)5)34-13-17-44(67-24-22-55)38(28-34)37-26-32(10-16-43(37)66-23-21-54)27-39(57-48(30)63)40(60)9-8-19-52;1-6-23-17(22)14-11(2)19-15(20-16(14)21)12-7-9-13(10-8-12)18(3,4)5;1-10-13(16(20)21)15(22-5)19-14(18-10)11-6-8-12(9-7-11)17(2,3)4/h10-17,26,28,30,35,39,46H,8-9,18,20-25,27,29,53-55H2,1-7H3,(H,57,63);7-10H,6H2,1-5H3,(H,19,20,21);6-9H,1-5H3,(H,20,21)/t30-,35-,39+,46+;;/m1../s1. The number of methoxy groups -OCH3 is 2. The monoisotopic (exact) mass is 1530 g/mol. The van der Waals surface area contributed by atoms with Gasteiger partial charge in [0.2, 0.25) is 23.6 Å². The molecule has 0 unspecified atom stereocenters. The number of carbonyl (C=O) groups is 7. The van der Waals surface area contributed by atoms with Crippen molar-refractivity contribution in [3.8, 4) is 74.6 Å². The lowest BCUT2D eigenvalue weighted by atomic mass is 9.86. The summed E-state index contributed by atoms with van der Waals surface area (Å²) in [7, 11) is 4.31. The van der Waals surface area contributed by atoms with Gasteiger partial charge in [-0.15, -0.1) is 0 Å². The number of carboxylic acids is 1. The topological polar surface area (TPSA) is 400 Å². The number of esters is 1. The zero-order chi connectivity index (χ0) is 82.7. The molecule has 4 atom stereocenters. The Labute approximate surface area is 655 Å². The van der Waals surface area contributed by atoms with Crippen LogP contribution in [-0.2, 0) is 46.6 Å². The first-order valence-corrected chi connectivity index (χ1v) is 37.3. The normalized spacial score (nSPS) is 14.6. The maximum absolute atomic E-state index is 14.9. The van der Waals surface area contributed by atoms with Crippen LogP contribution in [0.5, 0.6) is 23.3 Å². The van der Waals surface area contributed by atoms with E-state index >= 15 is 0 Å². The Morgan fingerprint density at radius 2 is 1.12 bits per heavy atom. The number of nitrogens with two attached hydrogens (primary N) is 3. The molecule has 9 rings (SSSR count). The van der Waals surface area contributed by atoms with Crippen molar-refractivity contribution in [3.05, 3.63) is 181 Å². The van der Waals surface area contributed by atoms with Gasteiger partial charge in [-0.2, -0.15) is 15.2 Å². The number of fused-ring (bicyclic) bond motifs is 5. The predicted molar refractivity (Wildman–Crippen MR) is 428 cm³/mol. The highest BCUT2D eigenvalue weighted by molar-refractivity contribution is 6.02. The number of aryl methyl sites for hydroxylation is 3. The summed E-state index contributed by atoms with van der Waals surface area (Å²) in [6, 6.07) is 33.8. The van der Waals surface area contributed by atoms with Gasteiger partial charge in [-0.1, -0.05) is 154 Å². The molecule has 9 N–H and O–H groups in total. The van der Waals surface area contributed by atoms with Crippen molar-refractivity contribution in [2.75, 3.05) is 60.7 Å². The van der Waals surface area contributed by atoms with Crippen molar-refractivity contribution in [2.24, 2.45) is 29.0 Å². The second kappa shape index (κ2) is 39.0. The van der Waals surface area contributed by atoms with Crippen molar-refractivity contribution in [1.82, 2.24) is 40.1 Å². The first kappa shape index (κ1) is 87.8. The van der Waals surface area contributed by atoms with E-state index < -0.39 is 64.8 Å². The molecule has 594 valence electrons. The highest BCUT2D eigenvalue weighted by Gasteiger charge is 2.38. The van der Waals surface area contributed by atoms with E-state index in [4.69, 9.17) is 40.9 Å². The van der Waals surface area contributed by atoms with Crippen molar-refractivity contribution in [3.63, 3.8) is 0 Å².